The number of ether oxygens (including phenoxy) is 1. The lowest BCUT2D eigenvalue weighted by Crippen LogP contribution is -2.24. The van der Waals surface area contributed by atoms with Gasteiger partial charge in [0.05, 0.1) is 6.61 Å². The fourth-order valence-corrected chi connectivity index (χ4v) is 1.36. The molecule has 0 saturated heterocycles. The first-order valence-corrected chi connectivity index (χ1v) is 5.74. The molecule has 0 aliphatic carbocycles. The van der Waals surface area contributed by atoms with E-state index in [1.165, 1.54) is 6.07 Å². The van der Waals surface area contributed by atoms with E-state index < -0.39 is 0 Å². The summed E-state index contributed by atoms with van der Waals surface area (Å²) >= 11 is 0. The highest BCUT2D eigenvalue weighted by molar-refractivity contribution is 5.16. The van der Waals surface area contributed by atoms with Crippen LogP contribution < -0.4 is 5.32 Å². The zero-order valence-electron chi connectivity index (χ0n) is 10.0. The fraction of sp³-hybridized carbons (Fsp3) is 0.538. The summed E-state index contributed by atoms with van der Waals surface area (Å²) in [5.74, 6) is -0.192. The molecule has 1 rings (SSSR count). The Morgan fingerprint density at radius 3 is 2.75 bits per heavy atom. The number of benzene rings is 1. The van der Waals surface area contributed by atoms with Gasteiger partial charge in [0, 0.05) is 18.2 Å². The van der Waals surface area contributed by atoms with Crippen molar-refractivity contribution < 1.29 is 9.13 Å². The Labute approximate surface area is 96.8 Å². The van der Waals surface area contributed by atoms with Crippen molar-refractivity contribution in [2.45, 2.75) is 32.9 Å². The molecule has 0 fully saturated rings. The van der Waals surface area contributed by atoms with E-state index in [0.29, 0.717) is 24.8 Å². The molecule has 0 unspecified atom stereocenters. The number of rotatable bonds is 7. The van der Waals surface area contributed by atoms with Crippen LogP contribution >= 0.6 is 0 Å². The van der Waals surface area contributed by atoms with Gasteiger partial charge >= 0.3 is 0 Å². The Morgan fingerprint density at radius 1 is 1.31 bits per heavy atom. The van der Waals surface area contributed by atoms with Gasteiger partial charge in [-0.3, -0.25) is 0 Å². The zero-order valence-corrected chi connectivity index (χ0v) is 10.0. The van der Waals surface area contributed by atoms with E-state index in [4.69, 9.17) is 4.74 Å². The summed E-state index contributed by atoms with van der Waals surface area (Å²) in [5.41, 5.74) is 0.624. The van der Waals surface area contributed by atoms with Crippen LogP contribution in [0.4, 0.5) is 4.39 Å². The fourth-order valence-electron chi connectivity index (χ4n) is 1.36. The highest BCUT2D eigenvalue weighted by Crippen LogP contribution is 2.07. The molecule has 90 valence electrons. The number of halogens is 1. The molecule has 0 aromatic heterocycles. The van der Waals surface area contributed by atoms with Gasteiger partial charge in [-0.25, -0.2) is 4.39 Å². The van der Waals surface area contributed by atoms with E-state index in [2.05, 4.69) is 19.2 Å². The van der Waals surface area contributed by atoms with Crippen molar-refractivity contribution in [3.8, 4) is 0 Å². The average Bonchev–Trinajstić information content (AvgIpc) is 2.25. The average molecular weight is 225 g/mol. The second-order valence-electron chi connectivity index (χ2n) is 4.11. The summed E-state index contributed by atoms with van der Waals surface area (Å²) in [5, 5.41) is 3.30. The first kappa shape index (κ1) is 13.1. The molecule has 0 aliphatic rings. The van der Waals surface area contributed by atoms with Gasteiger partial charge in [-0.1, -0.05) is 32.0 Å². The van der Waals surface area contributed by atoms with Crippen molar-refractivity contribution in [2.24, 2.45) is 0 Å². The van der Waals surface area contributed by atoms with Crippen molar-refractivity contribution in [3.63, 3.8) is 0 Å². The normalized spacial score (nSPS) is 11.0. The quantitative estimate of drug-likeness (QED) is 0.720. The SMILES string of the molecule is CC(C)NCCCOCc1ccccc1F. The molecule has 0 bridgehead atoms. The summed E-state index contributed by atoms with van der Waals surface area (Å²) in [6.45, 7) is 6.18. The van der Waals surface area contributed by atoms with Crippen LogP contribution in [-0.2, 0) is 11.3 Å². The predicted molar refractivity (Wildman–Crippen MR) is 63.8 cm³/mol. The van der Waals surface area contributed by atoms with Crippen LogP contribution in [0, 0.1) is 5.82 Å². The van der Waals surface area contributed by atoms with Crippen LogP contribution in [0.1, 0.15) is 25.8 Å². The first-order valence-electron chi connectivity index (χ1n) is 5.74. The van der Waals surface area contributed by atoms with Gasteiger partial charge in [0.15, 0.2) is 0 Å². The molecule has 0 saturated carbocycles. The van der Waals surface area contributed by atoms with E-state index in [-0.39, 0.29) is 5.82 Å². The molecule has 0 aliphatic heterocycles. The van der Waals surface area contributed by atoms with Gasteiger partial charge in [0.2, 0.25) is 0 Å². The van der Waals surface area contributed by atoms with Gasteiger partial charge < -0.3 is 10.1 Å². The number of nitrogens with one attached hydrogen (secondary N) is 1. The van der Waals surface area contributed by atoms with E-state index >= 15 is 0 Å². The Morgan fingerprint density at radius 2 is 2.06 bits per heavy atom. The number of hydrogen-bond donors (Lipinski definition) is 1. The van der Waals surface area contributed by atoms with Gasteiger partial charge in [-0.05, 0) is 19.0 Å². The monoisotopic (exact) mass is 225 g/mol. The van der Waals surface area contributed by atoms with Crippen molar-refractivity contribution in [3.05, 3.63) is 35.6 Å². The molecule has 16 heavy (non-hydrogen) atoms. The molecule has 0 amide bonds. The minimum absolute atomic E-state index is 0.192. The minimum Gasteiger partial charge on any atom is -0.377 e. The van der Waals surface area contributed by atoms with Gasteiger partial charge in [-0.2, -0.15) is 0 Å². The summed E-state index contributed by atoms with van der Waals surface area (Å²) in [7, 11) is 0. The maximum absolute atomic E-state index is 13.2. The van der Waals surface area contributed by atoms with Crippen LogP contribution in [-0.4, -0.2) is 19.2 Å². The summed E-state index contributed by atoms with van der Waals surface area (Å²) in [6, 6.07) is 7.22. The van der Waals surface area contributed by atoms with Gasteiger partial charge in [0.1, 0.15) is 5.82 Å². The lowest BCUT2D eigenvalue weighted by Gasteiger charge is -2.08. The summed E-state index contributed by atoms with van der Waals surface area (Å²) < 4.78 is 18.6. The molecular formula is C13H20FNO. The molecule has 0 atom stereocenters. The maximum Gasteiger partial charge on any atom is 0.128 e. The van der Waals surface area contributed by atoms with E-state index in [1.54, 1.807) is 12.1 Å². The summed E-state index contributed by atoms with van der Waals surface area (Å²) in [6.07, 6.45) is 0.951. The lowest BCUT2D eigenvalue weighted by molar-refractivity contribution is 0.116. The molecule has 3 heteroatoms. The van der Waals surface area contributed by atoms with Crippen LogP contribution in [0.25, 0.3) is 0 Å². The van der Waals surface area contributed by atoms with Crippen LogP contribution in [0.5, 0.6) is 0 Å². The Balaban J connectivity index is 2.10. The third-order valence-corrected chi connectivity index (χ3v) is 2.23. The molecule has 1 N–H and O–H groups in total. The Bertz CT molecular complexity index is 302. The maximum atomic E-state index is 13.2. The third kappa shape index (κ3) is 5.24. The second kappa shape index (κ2) is 7.36. The van der Waals surface area contributed by atoms with E-state index in [1.807, 2.05) is 6.07 Å². The number of hydrogen-bond acceptors (Lipinski definition) is 2. The summed E-state index contributed by atoms with van der Waals surface area (Å²) in [4.78, 5) is 0. The predicted octanol–water partition coefficient (Wildman–Crippen LogP) is 2.73. The van der Waals surface area contributed by atoms with Gasteiger partial charge in [0.25, 0.3) is 0 Å². The van der Waals surface area contributed by atoms with E-state index in [9.17, 15) is 4.39 Å². The van der Waals surface area contributed by atoms with Crippen molar-refractivity contribution in [1.82, 2.24) is 5.32 Å². The Hall–Kier alpha value is -0.930. The van der Waals surface area contributed by atoms with Crippen molar-refractivity contribution >= 4 is 0 Å². The Kier molecular flexibility index (Phi) is 6.04. The molecule has 0 heterocycles. The van der Waals surface area contributed by atoms with Crippen LogP contribution in [0.15, 0.2) is 24.3 Å². The topological polar surface area (TPSA) is 21.3 Å². The smallest absolute Gasteiger partial charge is 0.128 e. The molecule has 0 spiro atoms. The van der Waals surface area contributed by atoms with Crippen molar-refractivity contribution in [1.29, 1.82) is 0 Å². The van der Waals surface area contributed by atoms with E-state index in [0.717, 1.165) is 13.0 Å². The highest BCUT2D eigenvalue weighted by atomic mass is 19.1. The highest BCUT2D eigenvalue weighted by Gasteiger charge is 1.99. The van der Waals surface area contributed by atoms with Crippen LogP contribution in [0.3, 0.4) is 0 Å². The lowest BCUT2D eigenvalue weighted by atomic mass is 10.2. The molecule has 2 nitrogen and oxygen atoms in total. The molecule has 1 aromatic rings. The molecule has 0 radical (unpaired) electrons. The largest absolute Gasteiger partial charge is 0.377 e. The van der Waals surface area contributed by atoms with Crippen molar-refractivity contribution in [2.75, 3.05) is 13.2 Å². The third-order valence-electron chi connectivity index (χ3n) is 2.23. The molecule has 1 aromatic carbocycles. The minimum atomic E-state index is -0.192. The molecular weight excluding hydrogens is 205 g/mol. The van der Waals surface area contributed by atoms with Gasteiger partial charge in [-0.15, -0.1) is 0 Å². The second-order valence-corrected chi connectivity index (χ2v) is 4.11. The standard InChI is InChI=1S/C13H20FNO/c1-11(2)15-8-5-9-16-10-12-6-3-4-7-13(12)14/h3-4,6-7,11,15H,5,8-10H2,1-2H3. The van der Waals surface area contributed by atoms with Crippen LogP contribution in [0.2, 0.25) is 0 Å². The first-order chi connectivity index (χ1) is 7.70. The zero-order chi connectivity index (χ0) is 11.8.